The molecule has 0 spiro atoms. The molecule has 1 amide bonds. The van der Waals surface area contributed by atoms with Crippen molar-refractivity contribution in [2.75, 3.05) is 13.2 Å². The number of esters is 1. The summed E-state index contributed by atoms with van der Waals surface area (Å²) in [5.41, 5.74) is 0. The van der Waals surface area contributed by atoms with E-state index in [0.29, 0.717) is 19.3 Å². The Morgan fingerprint density at radius 3 is 1.14 bits per heavy atom. The van der Waals surface area contributed by atoms with E-state index >= 15 is 0 Å². The maximum Gasteiger partial charge on any atom is 0.306 e. The number of rotatable bonds is 69. The van der Waals surface area contributed by atoms with Crippen LogP contribution in [-0.2, 0) is 23.8 Å². The normalized spacial score (nSPS) is 18.2. The van der Waals surface area contributed by atoms with Crippen molar-refractivity contribution in [2.45, 2.75) is 423 Å². The fourth-order valence-corrected chi connectivity index (χ4v) is 12.3. The van der Waals surface area contributed by atoms with E-state index in [4.69, 9.17) is 14.2 Å². The van der Waals surface area contributed by atoms with Crippen molar-refractivity contribution in [2.24, 2.45) is 0 Å². The van der Waals surface area contributed by atoms with Crippen LogP contribution in [0.25, 0.3) is 0 Å². The smallest absolute Gasteiger partial charge is 0.306 e. The maximum absolute atomic E-state index is 13.5. The summed E-state index contributed by atoms with van der Waals surface area (Å²) in [6, 6.07) is -1.03. The fourth-order valence-electron chi connectivity index (χ4n) is 12.3. The van der Waals surface area contributed by atoms with Crippen LogP contribution in [-0.4, -0.2) is 99.6 Å². The zero-order chi connectivity index (χ0) is 67.4. The minimum Gasteiger partial charge on any atom is -0.454 e. The van der Waals surface area contributed by atoms with Gasteiger partial charge in [0.1, 0.15) is 24.4 Å². The molecule has 0 bridgehead atoms. The van der Waals surface area contributed by atoms with Crippen molar-refractivity contribution >= 4 is 11.9 Å². The zero-order valence-corrected chi connectivity index (χ0v) is 60.6. The van der Waals surface area contributed by atoms with E-state index in [1.165, 1.54) is 244 Å². The van der Waals surface area contributed by atoms with Gasteiger partial charge in [-0.25, -0.2) is 0 Å². The minimum atomic E-state index is -1.62. The molecule has 93 heavy (non-hydrogen) atoms. The molecule has 11 heteroatoms. The van der Waals surface area contributed by atoms with Crippen LogP contribution in [0.15, 0.2) is 72.9 Å². The summed E-state index contributed by atoms with van der Waals surface area (Å²) in [5.74, 6) is -1.18. The van der Waals surface area contributed by atoms with E-state index in [2.05, 4.69) is 86.8 Å². The SMILES string of the molecule is CCCCC/C=C\C/C=C\C/C=C\C/C=C\CCCCCCCCCCCCCC(=O)OC1C(OCC(NC(=O)C(O)CCCCCCCCCCCCCCCC/C=C/CCCCCCCC)C(O)/C=C/CCCCCCCCCCCCC)OC(CO)C(O)C1O. The minimum absolute atomic E-state index is 0.119. The van der Waals surface area contributed by atoms with Crippen LogP contribution >= 0.6 is 0 Å². The summed E-state index contributed by atoms with van der Waals surface area (Å²) in [7, 11) is 0. The molecule has 0 aromatic rings. The average Bonchev–Trinajstić information content (AvgIpc) is 0.844. The third-order valence-electron chi connectivity index (χ3n) is 18.6. The van der Waals surface area contributed by atoms with Crippen molar-refractivity contribution in [3.05, 3.63) is 72.9 Å². The number of nitrogens with one attached hydrogen (secondary N) is 1. The molecule has 1 fully saturated rings. The summed E-state index contributed by atoms with van der Waals surface area (Å²) in [6.45, 7) is 5.82. The van der Waals surface area contributed by atoms with Gasteiger partial charge in [-0.15, -0.1) is 0 Å². The van der Waals surface area contributed by atoms with Crippen LogP contribution in [0.1, 0.15) is 374 Å². The summed E-state index contributed by atoms with van der Waals surface area (Å²) >= 11 is 0. The summed E-state index contributed by atoms with van der Waals surface area (Å²) in [6.07, 6.45) is 80.9. The molecule has 0 aromatic carbocycles. The van der Waals surface area contributed by atoms with Crippen LogP contribution in [0.5, 0.6) is 0 Å². The number of ether oxygens (including phenoxy) is 3. The molecule has 1 saturated heterocycles. The van der Waals surface area contributed by atoms with Crippen LogP contribution in [0.2, 0.25) is 0 Å². The van der Waals surface area contributed by atoms with E-state index in [0.717, 1.165) is 83.5 Å². The van der Waals surface area contributed by atoms with Gasteiger partial charge in [0, 0.05) is 6.42 Å². The van der Waals surface area contributed by atoms with Crippen LogP contribution in [0.4, 0.5) is 0 Å². The van der Waals surface area contributed by atoms with Gasteiger partial charge in [-0.1, -0.05) is 344 Å². The third-order valence-corrected chi connectivity index (χ3v) is 18.6. The summed E-state index contributed by atoms with van der Waals surface area (Å²) in [4.78, 5) is 26.8. The lowest BCUT2D eigenvalue weighted by molar-refractivity contribution is -0.305. The van der Waals surface area contributed by atoms with Crippen molar-refractivity contribution < 1.29 is 49.3 Å². The lowest BCUT2D eigenvalue weighted by Gasteiger charge is -2.41. The number of carbonyl (C=O) groups is 2. The predicted molar refractivity (Wildman–Crippen MR) is 393 cm³/mol. The molecule has 0 radical (unpaired) electrons. The molecular weight excluding hydrogens is 1160 g/mol. The zero-order valence-electron chi connectivity index (χ0n) is 60.6. The van der Waals surface area contributed by atoms with Crippen LogP contribution in [0.3, 0.4) is 0 Å². The second kappa shape index (κ2) is 69.0. The third kappa shape index (κ3) is 55.8. The largest absolute Gasteiger partial charge is 0.454 e. The second-order valence-corrected chi connectivity index (χ2v) is 27.4. The quantitative estimate of drug-likeness (QED) is 0.0195. The number of unbranched alkanes of at least 4 members (excludes halogenated alkanes) is 45. The van der Waals surface area contributed by atoms with Crippen LogP contribution < -0.4 is 5.32 Å². The Morgan fingerprint density at radius 1 is 0.419 bits per heavy atom. The predicted octanol–water partition coefficient (Wildman–Crippen LogP) is 21.4. The van der Waals surface area contributed by atoms with Gasteiger partial charge < -0.3 is 45.1 Å². The van der Waals surface area contributed by atoms with Crippen molar-refractivity contribution in [3.63, 3.8) is 0 Å². The van der Waals surface area contributed by atoms with Gasteiger partial charge in [-0.3, -0.25) is 9.59 Å². The highest BCUT2D eigenvalue weighted by Crippen LogP contribution is 2.27. The first-order valence-electron chi connectivity index (χ1n) is 39.7. The van der Waals surface area contributed by atoms with Gasteiger partial charge in [0.15, 0.2) is 12.4 Å². The van der Waals surface area contributed by atoms with Crippen molar-refractivity contribution in [3.8, 4) is 0 Å². The van der Waals surface area contributed by atoms with E-state index < -0.39 is 67.4 Å². The van der Waals surface area contributed by atoms with Gasteiger partial charge in [-0.2, -0.15) is 0 Å². The highest BCUT2D eigenvalue weighted by atomic mass is 16.7. The molecule has 11 nitrogen and oxygen atoms in total. The lowest BCUT2D eigenvalue weighted by Crippen LogP contribution is -2.61. The molecule has 0 aromatic heterocycles. The van der Waals surface area contributed by atoms with E-state index in [9.17, 15) is 35.1 Å². The molecule has 8 atom stereocenters. The molecule has 0 saturated carbocycles. The van der Waals surface area contributed by atoms with E-state index in [1.807, 2.05) is 6.08 Å². The molecule has 1 rings (SSSR count). The number of hydrogen-bond acceptors (Lipinski definition) is 10. The molecule has 1 heterocycles. The highest BCUT2D eigenvalue weighted by Gasteiger charge is 2.47. The number of allylic oxidation sites excluding steroid dienone is 11. The Labute approximate surface area is 572 Å². The second-order valence-electron chi connectivity index (χ2n) is 27.4. The molecular formula is C82H149NO10. The van der Waals surface area contributed by atoms with Gasteiger partial charge in [0.25, 0.3) is 0 Å². The molecule has 542 valence electrons. The number of aliphatic hydroxyl groups excluding tert-OH is 5. The molecule has 0 aliphatic carbocycles. The summed E-state index contributed by atoms with van der Waals surface area (Å²) in [5, 5.41) is 57.5. The van der Waals surface area contributed by atoms with E-state index in [-0.39, 0.29) is 13.0 Å². The average molecular weight is 1310 g/mol. The van der Waals surface area contributed by atoms with Gasteiger partial charge >= 0.3 is 5.97 Å². The lowest BCUT2D eigenvalue weighted by atomic mass is 9.99. The molecule has 8 unspecified atom stereocenters. The number of amides is 1. The monoisotopic (exact) mass is 1310 g/mol. The van der Waals surface area contributed by atoms with Crippen molar-refractivity contribution in [1.82, 2.24) is 5.32 Å². The Morgan fingerprint density at radius 2 is 0.742 bits per heavy atom. The maximum atomic E-state index is 13.5. The Kier molecular flexibility index (Phi) is 65.4. The summed E-state index contributed by atoms with van der Waals surface area (Å²) < 4.78 is 17.8. The first-order valence-corrected chi connectivity index (χ1v) is 39.7. The topological polar surface area (TPSA) is 175 Å². The Balaban J connectivity index is 2.52. The standard InChI is InChI=1S/C82H149NO10/c1-4-7-10-13-16-19-22-25-27-29-31-33-35-37-38-39-41-43-45-47-49-52-55-58-61-64-67-70-77(87)93-80-79(89)78(88)76(71-84)92-82(80)91-72-73(74(85)68-65-62-59-56-53-50-24-21-18-15-12-9-6-3)83-81(90)75(86)69-66-63-60-57-54-51-48-46-44-42-40-36-34-32-30-28-26-23-20-17-14-11-8-5-2/h16,19,25-28,31,33,37-38,65,68,73-76,78-80,82,84-86,88-89H,4-15,17-18,20-24,29-30,32,34-36,39-64,66-67,69-72H2,1-3H3,(H,83,90)/b19-16-,27-25-,28-26+,33-31-,38-37-,68-65+. The first kappa shape index (κ1) is 88.1. The van der Waals surface area contributed by atoms with Gasteiger partial charge in [0.2, 0.25) is 5.91 Å². The first-order chi connectivity index (χ1) is 45.7. The van der Waals surface area contributed by atoms with Gasteiger partial charge in [-0.05, 0) is 96.3 Å². The van der Waals surface area contributed by atoms with Gasteiger partial charge in [0.05, 0.1) is 25.4 Å². The number of hydrogen-bond donors (Lipinski definition) is 6. The van der Waals surface area contributed by atoms with Crippen LogP contribution in [0, 0.1) is 0 Å². The number of aliphatic hydroxyl groups is 5. The fraction of sp³-hybridized carbons (Fsp3) is 0.829. The molecule has 6 N–H and O–H groups in total. The Hall–Kier alpha value is -2.90. The molecule has 1 aliphatic heterocycles. The molecule has 1 aliphatic rings. The Bertz CT molecular complexity index is 1800. The van der Waals surface area contributed by atoms with E-state index in [1.54, 1.807) is 6.08 Å². The highest BCUT2D eigenvalue weighted by molar-refractivity contribution is 5.80. The number of carbonyl (C=O) groups excluding carboxylic acids is 2. The van der Waals surface area contributed by atoms with Crippen molar-refractivity contribution in [1.29, 1.82) is 0 Å².